The van der Waals surface area contributed by atoms with Gasteiger partial charge in [0, 0.05) is 17.1 Å². The predicted octanol–water partition coefficient (Wildman–Crippen LogP) is 3.44. The standard InChI is InChI=1S/C20H17NO4/c1-24-15-8-9-16(19(12-15)25-2)18(22)10-7-14-11-13-5-3-4-6-17(13)21-20(14)23/h3-12H,1-2H3,(H,21,23)/b10-7+. The van der Waals surface area contributed by atoms with Crippen LogP contribution in [-0.4, -0.2) is 25.0 Å². The van der Waals surface area contributed by atoms with Gasteiger partial charge in [0.05, 0.1) is 19.8 Å². The molecular weight excluding hydrogens is 318 g/mol. The molecule has 0 aliphatic rings. The second kappa shape index (κ2) is 7.05. The lowest BCUT2D eigenvalue weighted by atomic mass is 10.1. The van der Waals surface area contributed by atoms with E-state index in [1.807, 2.05) is 24.3 Å². The van der Waals surface area contributed by atoms with Gasteiger partial charge in [0.25, 0.3) is 5.56 Å². The molecule has 0 aliphatic carbocycles. The van der Waals surface area contributed by atoms with Crippen LogP contribution in [0.1, 0.15) is 15.9 Å². The number of ether oxygens (including phenoxy) is 2. The number of hydrogen-bond donors (Lipinski definition) is 1. The third-order valence-electron chi connectivity index (χ3n) is 3.87. The number of allylic oxidation sites excluding steroid dienone is 1. The Hall–Kier alpha value is -3.34. The van der Waals surface area contributed by atoms with Crippen LogP contribution in [0.3, 0.4) is 0 Å². The number of carbonyl (C=O) groups excluding carboxylic acids is 1. The zero-order valence-electron chi connectivity index (χ0n) is 13.9. The Morgan fingerprint density at radius 1 is 1.04 bits per heavy atom. The first-order valence-electron chi connectivity index (χ1n) is 7.69. The number of ketones is 1. The topological polar surface area (TPSA) is 68.4 Å². The average Bonchev–Trinajstić information content (AvgIpc) is 2.65. The van der Waals surface area contributed by atoms with Gasteiger partial charge >= 0.3 is 0 Å². The van der Waals surface area contributed by atoms with Crippen LogP contribution in [0, 0.1) is 0 Å². The minimum absolute atomic E-state index is 0.246. The van der Waals surface area contributed by atoms with Gasteiger partial charge in [-0.3, -0.25) is 9.59 Å². The number of pyridine rings is 1. The molecule has 3 aromatic rings. The fourth-order valence-corrected chi connectivity index (χ4v) is 2.55. The molecule has 5 heteroatoms. The molecule has 2 aromatic carbocycles. The number of fused-ring (bicyclic) bond motifs is 1. The molecule has 3 rings (SSSR count). The minimum Gasteiger partial charge on any atom is -0.497 e. The van der Waals surface area contributed by atoms with E-state index in [-0.39, 0.29) is 11.3 Å². The van der Waals surface area contributed by atoms with Crippen molar-refractivity contribution >= 4 is 22.8 Å². The molecule has 0 bridgehead atoms. The Morgan fingerprint density at radius 3 is 2.60 bits per heavy atom. The SMILES string of the molecule is COc1ccc(C(=O)/C=C/c2cc3ccccc3[nH]c2=O)c(OC)c1. The largest absolute Gasteiger partial charge is 0.497 e. The molecule has 1 aromatic heterocycles. The van der Waals surface area contributed by atoms with Gasteiger partial charge in [0.2, 0.25) is 0 Å². The first-order chi connectivity index (χ1) is 12.1. The van der Waals surface area contributed by atoms with E-state index in [1.165, 1.54) is 19.3 Å². The molecule has 0 atom stereocenters. The lowest BCUT2D eigenvalue weighted by Crippen LogP contribution is -2.09. The summed E-state index contributed by atoms with van der Waals surface area (Å²) in [5, 5.41) is 0.899. The van der Waals surface area contributed by atoms with Crippen LogP contribution in [0.5, 0.6) is 11.5 Å². The normalized spacial score (nSPS) is 11.0. The third-order valence-corrected chi connectivity index (χ3v) is 3.87. The lowest BCUT2D eigenvalue weighted by molar-refractivity contribution is 0.104. The highest BCUT2D eigenvalue weighted by Gasteiger charge is 2.11. The van der Waals surface area contributed by atoms with Crippen molar-refractivity contribution in [3.63, 3.8) is 0 Å². The van der Waals surface area contributed by atoms with E-state index < -0.39 is 0 Å². The Labute approximate surface area is 144 Å². The summed E-state index contributed by atoms with van der Waals surface area (Å²) in [6.45, 7) is 0. The molecule has 25 heavy (non-hydrogen) atoms. The Kier molecular flexibility index (Phi) is 4.66. The number of H-pyrrole nitrogens is 1. The van der Waals surface area contributed by atoms with Gasteiger partial charge in [-0.05, 0) is 41.8 Å². The number of benzene rings is 2. The van der Waals surface area contributed by atoms with Crippen LogP contribution in [0.25, 0.3) is 17.0 Å². The van der Waals surface area contributed by atoms with Gasteiger partial charge in [-0.15, -0.1) is 0 Å². The highest BCUT2D eigenvalue weighted by molar-refractivity contribution is 6.08. The van der Waals surface area contributed by atoms with Crippen LogP contribution in [0.15, 0.2) is 59.4 Å². The lowest BCUT2D eigenvalue weighted by Gasteiger charge is -2.07. The van der Waals surface area contributed by atoms with Crippen LogP contribution in [0.4, 0.5) is 0 Å². The van der Waals surface area contributed by atoms with E-state index in [4.69, 9.17) is 9.47 Å². The van der Waals surface area contributed by atoms with E-state index in [0.717, 1.165) is 10.9 Å². The number of para-hydroxylation sites is 1. The van der Waals surface area contributed by atoms with Gasteiger partial charge in [-0.1, -0.05) is 18.2 Å². The number of carbonyl (C=O) groups is 1. The summed E-state index contributed by atoms with van der Waals surface area (Å²) >= 11 is 0. The molecule has 0 unspecified atom stereocenters. The first kappa shape index (κ1) is 16.5. The summed E-state index contributed by atoms with van der Waals surface area (Å²) < 4.78 is 10.4. The zero-order valence-corrected chi connectivity index (χ0v) is 13.9. The third kappa shape index (κ3) is 3.45. The molecule has 0 saturated carbocycles. The molecule has 1 N–H and O–H groups in total. The Bertz CT molecular complexity index is 1020. The molecule has 0 saturated heterocycles. The molecular formula is C20H17NO4. The summed E-state index contributed by atoms with van der Waals surface area (Å²) in [5.74, 6) is 0.761. The second-order valence-corrected chi connectivity index (χ2v) is 5.40. The monoisotopic (exact) mass is 335 g/mol. The summed E-state index contributed by atoms with van der Waals surface area (Å²) in [7, 11) is 3.03. The number of methoxy groups -OCH3 is 2. The minimum atomic E-state index is -0.257. The number of hydrogen-bond acceptors (Lipinski definition) is 4. The van der Waals surface area contributed by atoms with Gasteiger partial charge in [0.1, 0.15) is 11.5 Å². The van der Waals surface area contributed by atoms with Crippen LogP contribution < -0.4 is 15.0 Å². The van der Waals surface area contributed by atoms with Crippen LogP contribution in [-0.2, 0) is 0 Å². The van der Waals surface area contributed by atoms with Crippen molar-refractivity contribution in [2.24, 2.45) is 0 Å². The average molecular weight is 335 g/mol. The summed E-state index contributed by atoms with van der Waals surface area (Å²) in [6, 6.07) is 14.2. The maximum atomic E-state index is 12.5. The fraction of sp³-hybridized carbons (Fsp3) is 0.100. The molecule has 126 valence electrons. The fourth-order valence-electron chi connectivity index (χ4n) is 2.55. The maximum absolute atomic E-state index is 12.5. The van der Waals surface area contributed by atoms with Crippen molar-refractivity contribution in [1.82, 2.24) is 4.98 Å². The summed E-state index contributed by atoms with van der Waals surface area (Å²) in [5.41, 5.74) is 1.33. The molecule has 0 amide bonds. The quantitative estimate of drug-likeness (QED) is 0.573. The summed E-state index contributed by atoms with van der Waals surface area (Å²) in [4.78, 5) is 27.4. The van der Waals surface area contributed by atoms with Gasteiger partial charge in [-0.25, -0.2) is 0 Å². The van der Waals surface area contributed by atoms with Crippen molar-refractivity contribution < 1.29 is 14.3 Å². The Morgan fingerprint density at radius 2 is 1.84 bits per heavy atom. The van der Waals surface area contributed by atoms with Crippen LogP contribution >= 0.6 is 0 Å². The van der Waals surface area contributed by atoms with Crippen molar-refractivity contribution in [3.8, 4) is 11.5 Å². The van der Waals surface area contributed by atoms with E-state index >= 15 is 0 Å². The van der Waals surface area contributed by atoms with Gasteiger partial charge in [0.15, 0.2) is 5.78 Å². The highest BCUT2D eigenvalue weighted by Crippen LogP contribution is 2.25. The van der Waals surface area contributed by atoms with E-state index in [0.29, 0.717) is 22.6 Å². The smallest absolute Gasteiger partial charge is 0.255 e. The molecule has 0 spiro atoms. The van der Waals surface area contributed by atoms with E-state index in [1.54, 1.807) is 31.4 Å². The molecule has 1 heterocycles. The van der Waals surface area contributed by atoms with Crippen molar-refractivity contribution in [3.05, 3.63) is 76.1 Å². The highest BCUT2D eigenvalue weighted by atomic mass is 16.5. The van der Waals surface area contributed by atoms with Crippen molar-refractivity contribution in [1.29, 1.82) is 0 Å². The van der Waals surface area contributed by atoms with Crippen molar-refractivity contribution in [2.45, 2.75) is 0 Å². The maximum Gasteiger partial charge on any atom is 0.255 e. The molecule has 5 nitrogen and oxygen atoms in total. The molecule has 0 radical (unpaired) electrons. The number of aromatic nitrogens is 1. The second-order valence-electron chi connectivity index (χ2n) is 5.40. The molecule has 0 fully saturated rings. The van der Waals surface area contributed by atoms with Gasteiger partial charge in [-0.2, -0.15) is 0 Å². The Balaban J connectivity index is 1.93. The summed E-state index contributed by atoms with van der Waals surface area (Å²) in [6.07, 6.45) is 2.88. The number of nitrogens with one attached hydrogen (secondary N) is 1. The zero-order chi connectivity index (χ0) is 17.8. The number of rotatable bonds is 5. The van der Waals surface area contributed by atoms with E-state index in [9.17, 15) is 9.59 Å². The predicted molar refractivity (Wildman–Crippen MR) is 97.5 cm³/mol. The number of aromatic amines is 1. The van der Waals surface area contributed by atoms with Crippen molar-refractivity contribution in [2.75, 3.05) is 14.2 Å². The van der Waals surface area contributed by atoms with E-state index in [2.05, 4.69) is 4.98 Å². The first-order valence-corrected chi connectivity index (χ1v) is 7.69. The van der Waals surface area contributed by atoms with Gasteiger partial charge < -0.3 is 14.5 Å². The molecule has 0 aliphatic heterocycles. The van der Waals surface area contributed by atoms with Crippen LogP contribution in [0.2, 0.25) is 0 Å².